The summed E-state index contributed by atoms with van der Waals surface area (Å²) < 4.78 is 7.29. The van der Waals surface area contributed by atoms with E-state index in [0.717, 1.165) is 17.0 Å². The fourth-order valence-electron chi connectivity index (χ4n) is 3.11. The highest BCUT2D eigenvalue weighted by Crippen LogP contribution is 2.29. The number of carbonyl (C=O) groups excluding carboxylic acids is 1. The van der Waals surface area contributed by atoms with Gasteiger partial charge < -0.3 is 10.1 Å². The van der Waals surface area contributed by atoms with E-state index in [1.54, 1.807) is 37.7 Å². The summed E-state index contributed by atoms with van der Waals surface area (Å²) in [7, 11) is 1.54. The average molecular weight is 466 g/mol. The minimum absolute atomic E-state index is 0.152. The van der Waals surface area contributed by atoms with Crippen molar-refractivity contribution in [1.82, 2.24) is 19.7 Å². The van der Waals surface area contributed by atoms with Crippen LogP contribution in [0.25, 0.3) is 11.4 Å². The lowest BCUT2D eigenvalue weighted by Crippen LogP contribution is -2.15. The standard InChI is InChI=1S/C23H20ClN5O2S/c1-31-20-8-7-18(24)13-19(20)26-21(30)15-32-23-28-27-22(17-9-11-25-12-10-17)29(23)14-16-5-3-2-4-6-16/h2-13H,14-15H2,1H3,(H,26,30). The largest absolute Gasteiger partial charge is 0.495 e. The molecule has 0 radical (unpaired) electrons. The van der Waals surface area contributed by atoms with Gasteiger partial charge in [0.15, 0.2) is 11.0 Å². The molecule has 0 aliphatic carbocycles. The summed E-state index contributed by atoms with van der Waals surface area (Å²) in [4.78, 5) is 16.7. The van der Waals surface area contributed by atoms with Crippen LogP contribution in [-0.4, -0.2) is 38.5 Å². The first kappa shape index (κ1) is 21.9. The SMILES string of the molecule is COc1ccc(Cl)cc1NC(=O)CSc1nnc(-c2ccncc2)n1Cc1ccccc1. The molecule has 2 aromatic heterocycles. The Balaban J connectivity index is 1.54. The van der Waals surface area contributed by atoms with Crippen molar-refractivity contribution in [3.05, 3.63) is 83.6 Å². The molecule has 9 heteroatoms. The number of amides is 1. The van der Waals surface area contributed by atoms with E-state index in [1.807, 2.05) is 47.0 Å². The minimum Gasteiger partial charge on any atom is -0.495 e. The van der Waals surface area contributed by atoms with Crippen LogP contribution in [0.5, 0.6) is 5.75 Å². The van der Waals surface area contributed by atoms with Crippen LogP contribution >= 0.6 is 23.4 Å². The number of methoxy groups -OCH3 is 1. The maximum absolute atomic E-state index is 12.6. The first-order valence-corrected chi connectivity index (χ1v) is 11.1. The van der Waals surface area contributed by atoms with Crippen LogP contribution in [0.3, 0.4) is 0 Å². The number of ether oxygens (including phenoxy) is 1. The highest BCUT2D eigenvalue weighted by atomic mass is 35.5. The second-order valence-electron chi connectivity index (χ2n) is 6.80. The van der Waals surface area contributed by atoms with Crippen LogP contribution in [0, 0.1) is 0 Å². The molecule has 4 aromatic rings. The fourth-order valence-corrected chi connectivity index (χ4v) is 4.02. The first-order valence-electron chi connectivity index (χ1n) is 9.78. The van der Waals surface area contributed by atoms with Gasteiger partial charge in [0.2, 0.25) is 5.91 Å². The van der Waals surface area contributed by atoms with E-state index in [0.29, 0.717) is 28.2 Å². The summed E-state index contributed by atoms with van der Waals surface area (Å²) in [5, 5.41) is 12.7. The Bertz CT molecular complexity index is 1200. The van der Waals surface area contributed by atoms with E-state index in [-0.39, 0.29) is 11.7 Å². The molecule has 0 atom stereocenters. The normalized spacial score (nSPS) is 10.7. The van der Waals surface area contributed by atoms with Gasteiger partial charge in [0.1, 0.15) is 5.75 Å². The molecule has 0 aliphatic heterocycles. The van der Waals surface area contributed by atoms with Gasteiger partial charge in [-0.3, -0.25) is 14.3 Å². The Labute approximate surface area is 194 Å². The van der Waals surface area contributed by atoms with Crippen molar-refractivity contribution in [3.8, 4) is 17.1 Å². The molecular formula is C23H20ClN5O2S. The van der Waals surface area contributed by atoms with E-state index in [4.69, 9.17) is 16.3 Å². The smallest absolute Gasteiger partial charge is 0.234 e. The van der Waals surface area contributed by atoms with Crippen molar-refractivity contribution < 1.29 is 9.53 Å². The number of anilines is 1. The molecule has 0 bridgehead atoms. The maximum atomic E-state index is 12.6. The van der Waals surface area contributed by atoms with E-state index >= 15 is 0 Å². The van der Waals surface area contributed by atoms with Gasteiger partial charge in [0.25, 0.3) is 0 Å². The van der Waals surface area contributed by atoms with Gasteiger partial charge in [-0.05, 0) is 35.9 Å². The molecule has 0 aliphatic rings. The number of hydrogen-bond acceptors (Lipinski definition) is 6. The molecule has 2 heterocycles. The topological polar surface area (TPSA) is 81.9 Å². The van der Waals surface area contributed by atoms with Crippen LogP contribution in [0.1, 0.15) is 5.56 Å². The number of nitrogens with zero attached hydrogens (tertiary/aromatic N) is 4. The molecule has 0 fully saturated rings. The predicted molar refractivity (Wildman–Crippen MR) is 126 cm³/mol. The second-order valence-corrected chi connectivity index (χ2v) is 8.17. The number of halogens is 1. The molecule has 1 amide bonds. The summed E-state index contributed by atoms with van der Waals surface area (Å²) in [6.07, 6.45) is 3.44. The zero-order chi connectivity index (χ0) is 22.3. The summed E-state index contributed by atoms with van der Waals surface area (Å²) >= 11 is 7.37. The number of hydrogen-bond donors (Lipinski definition) is 1. The highest BCUT2D eigenvalue weighted by molar-refractivity contribution is 7.99. The van der Waals surface area contributed by atoms with Crippen LogP contribution in [0.2, 0.25) is 5.02 Å². The fraction of sp³-hybridized carbons (Fsp3) is 0.130. The zero-order valence-corrected chi connectivity index (χ0v) is 18.8. The molecular weight excluding hydrogens is 446 g/mol. The van der Waals surface area contributed by atoms with Gasteiger partial charge >= 0.3 is 0 Å². The lowest BCUT2D eigenvalue weighted by molar-refractivity contribution is -0.113. The molecule has 2 aromatic carbocycles. The molecule has 4 rings (SSSR count). The third-order valence-electron chi connectivity index (χ3n) is 4.61. The molecule has 0 saturated carbocycles. The van der Waals surface area contributed by atoms with Gasteiger partial charge in [-0.2, -0.15) is 0 Å². The van der Waals surface area contributed by atoms with Crippen molar-refractivity contribution >= 4 is 35.0 Å². The minimum atomic E-state index is -0.199. The first-order chi connectivity index (χ1) is 15.6. The summed E-state index contributed by atoms with van der Waals surface area (Å²) in [5.74, 6) is 1.21. The molecule has 7 nitrogen and oxygen atoms in total. The number of nitrogens with one attached hydrogen (secondary N) is 1. The Morgan fingerprint density at radius 3 is 2.62 bits per heavy atom. The Hall–Kier alpha value is -3.36. The number of aromatic nitrogens is 4. The summed E-state index contributed by atoms with van der Waals surface area (Å²) in [6.45, 7) is 0.581. The van der Waals surface area contributed by atoms with Gasteiger partial charge in [-0.15, -0.1) is 10.2 Å². The van der Waals surface area contributed by atoms with Crippen molar-refractivity contribution in [2.45, 2.75) is 11.7 Å². The Morgan fingerprint density at radius 1 is 1.09 bits per heavy atom. The van der Waals surface area contributed by atoms with Gasteiger partial charge in [-0.1, -0.05) is 53.7 Å². The van der Waals surface area contributed by atoms with Crippen molar-refractivity contribution in [2.24, 2.45) is 0 Å². The van der Waals surface area contributed by atoms with E-state index in [2.05, 4.69) is 20.5 Å². The summed E-state index contributed by atoms with van der Waals surface area (Å²) in [5.41, 5.74) is 2.54. The average Bonchev–Trinajstić information content (AvgIpc) is 3.21. The van der Waals surface area contributed by atoms with Gasteiger partial charge in [0, 0.05) is 23.0 Å². The number of thioether (sulfide) groups is 1. The van der Waals surface area contributed by atoms with Crippen molar-refractivity contribution in [3.63, 3.8) is 0 Å². The zero-order valence-electron chi connectivity index (χ0n) is 17.2. The number of carbonyl (C=O) groups is 1. The van der Waals surface area contributed by atoms with Crippen LogP contribution < -0.4 is 10.1 Å². The molecule has 0 spiro atoms. The third-order valence-corrected chi connectivity index (χ3v) is 5.81. The van der Waals surface area contributed by atoms with Crippen LogP contribution in [0.4, 0.5) is 5.69 Å². The Kier molecular flexibility index (Phi) is 7.03. The quantitative estimate of drug-likeness (QED) is 0.377. The number of pyridine rings is 1. The lowest BCUT2D eigenvalue weighted by Gasteiger charge is -2.12. The van der Waals surface area contributed by atoms with Gasteiger partial charge in [-0.25, -0.2) is 0 Å². The highest BCUT2D eigenvalue weighted by Gasteiger charge is 2.17. The van der Waals surface area contributed by atoms with Crippen molar-refractivity contribution in [1.29, 1.82) is 0 Å². The Morgan fingerprint density at radius 2 is 1.88 bits per heavy atom. The van der Waals surface area contributed by atoms with Crippen LogP contribution in [0.15, 0.2) is 78.2 Å². The van der Waals surface area contributed by atoms with Gasteiger partial charge in [0.05, 0.1) is 25.1 Å². The lowest BCUT2D eigenvalue weighted by atomic mass is 10.2. The molecule has 0 saturated heterocycles. The molecule has 1 N–H and O–H groups in total. The maximum Gasteiger partial charge on any atom is 0.234 e. The van der Waals surface area contributed by atoms with E-state index < -0.39 is 0 Å². The second kappa shape index (κ2) is 10.3. The number of benzene rings is 2. The predicted octanol–water partition coefficient (Wildman–Crippen LogP) is 4.78. The van der Waals surface area contributed by atoms with E-state index in [1.165, 1.54) is 11.8 Å². The summed E-state index contributed by atoms with van der Waals surface area (Å²) in [6, 6.07) is 18.9. The molecule has 162 valence electrons. The third kappa shape index (κ3) is 5.27. The van der Waals surface area contributed by atoms with Crippen LogP contribution in [-0.2, 0) is 11.3 Å². The monoisotopic (exact) mass is 465 g/mol. The van der Waals surface area contributed by atoms with Crippen molar-refractivity contribution in [2.75, 3.05) is 18.2 Å². The van der Waals surface area contributed by atoms with E-state index in [9.17, 15) is 4.79 Å². The molecule has 0 unspecified atom stereocenters. The molecule has 32 heavy (non-hydrogen) atoms. The number of rotatable bonds is 8.